The molecule has 202 valence electrons. The molecule has 0 aliphatic carbocycles. The Morgan fingerprint density at radius 3 is 2.50 bits per heavy atom. The molecule has 1 atom stereocenters. The van der Waals surface area contributed by atoms with Crippen molar-refractivity contribution in [2.45, 2.75) is 12.4 Å². The zero-order valence-corrected chi connectivity index (χ0v) is 20.4. The fraction of sp³-hybridized carbons (Fsp3) is 0.333. The molecule has 1 unspecified atom stereocenters. The van der Waals surface area contributed by atoms with Crippen LogP contribution in [-0.4, -0.2) is 82.0 Å². The van der Waals surface area contributed by atoms with Gasteiger partial charge in [-0.15, -0.1) is 0 Å². The van der Waals surface area contributed by atoms with Gasteiger partial charge in [-0.05, 0) is 24.3 Å². The van der Waals surface area contributed by atoms with Crippen LogP contribution < -0.4 is 15.2 Å². The summed E-state index contributed by atoms with van der Waals surface area (Å²) in [5.74, 6) is -1.71. The van der Waals surface area contributed by atoms with Gasteiger partial charge in [-0.1, -0.05) is 12.6 Å². The molecule has 1 aromatic carbocycles. The van der Waals surface area contributed by atoms with E-state index in [-0.39, 0.29) is 21.3 Å². The van der Waals surface area contributed by atoms with Gasteiger partial charge in [0.2, 0.25) is 0 Å². The zero-order chi connectivity index (χ0) is 27.8. The molecule has 3 aromatic rings. The minimum absolute atomic E-state index is 0.0882. The maximum atomic E-state index is 15.0. The first-order valence-corrected chi connectivity index (χ1v) is 11.4. The van der Waals surface area contributed by atoms with Crippen molar-refractivity contribution in [1.82, 2.24) is 24.3 Å². The summed E-state index contributed by atoms with van der Waals surface area (Å²) in [4.78, 5) is 38.1. The number of hydrogen-bond acceptors (Lipinski definition) is 8. The van der Waals surface area contributed by atoms with E-state index >= 15 is 4.39 Å². The lowest BCUT2D eigenvalue weighted by atomic mass is 10.1. The Hall–Kier alpha value is -4.04. The number of rotatable bonds is 5. The monoisotopic (exact) mass is 536 g/mol. The number of halogens is 4. The molecular formula is C24H24F4N6O4. The van der Waals surface area contributed by atoms with Gasteiger partial charge in [0.25, 0.3) is 5.56 Å². The van der Waals surface area contributed by atoms with Gasteiger partial charge in [0.15, 0.2) is 11.6 Å². The highest BCUT2D eigenvalue weighted by atomic mass is 19.4. The molecule has 1 saturated heterocycles. The lowest BCUT2D eigenvalue weighted by Crippen LogP contribution is -2.50. The summed E-state index contributed by atoms with van der Waals surface area (Å²) >= 11 is 0. The lowest BCUT2D eigenvalue weighted by molar-refractivity contribution is -0.142. The number of carbonyl (C=O) groups excluding carboxylic acids is 1. The summed E-state index contributed by atoms with van der Waals surface area (Å²) in [6.45, 7) is 4.84. The second-order valence-electron chi connectivity index (χ2n) is 8.65. The number of fused-ring (bicyclic) bond motifs is 1. The number of amides is 1. The summed E-state index contributed by atoms with van der Waals surface area (Å²) in [6.07, 6.45) is -4.57. The molecule has 14 heteroatoms. The smallest absolute Gasteiger partial charge is 0.408 e. The summed E-state index contributed by atoms with van der Waals surface area (Å²) < 4.78 is 63.3. The van der Waals surface area contributed by atoms with Crippen molar-refractivity contribution in [3.05, 3.63) is 65.1 Å². The van der Waals surface area contributed by atoms with Crippen molar-refractivity contribution in [3.63, 3.8) is 0 Å². The van der Waals surface area contributed by atoms with Gasteiger partial charge in [-0.2, -0.15) is 13.2 Å². The highest BCUT2D eigenvalue weighted by Gasteiger charge is 2.38. The maximum Gasteiger partial charge on any atom is 0.431 e. The molecule has 10 nitrogen and oxygen atoms in total. The molecule has 1 aliphatic heterocycles. The number of aliphatic hydroxyl groups excluding tert-OH is 1. The Kier molecular flexibility index (Phi) is 7.37. The van der Waals surface area contributed by atoms with Gasteiger partial charge in [0.1, 0.15) is 35.3 Å². The second kappa shape index (κ2) is 10.4. The van der Waals surface area contributed by atoms with E-state index in [2.05, 4.69) is 16.5 Å². The fourth-order valence-electron chi connectivity index (χ4n) is 4.12. The number of nitrogens with zero attached hydrogens (tertiary/aromatic N) is 6. The molecule has 1 fully saturated rings. The molecule has 1 amide bonds. The fourth-order valence-corrected chi connectivity index (χ4v) is 4.12. The number of hydrogen-bond donors (Lipinski definition) is 1. The number of carbonyl (C=O) groups is 1. The van der Waals surface area contributed by atoms with Gasteiger partial charge in [0.05, 0.1) is 5.39 Å². The minimum atomic E-state index is -5.11. The third-order valence-corrected chi connectivity index (χ3v) is 6.02. The van der Waals surface area contributed by atoms with E-state index in [0.29, 0.717) is 32.2 Å². The number of para-hydroxylation sites is 1. The molecule has 2 aromatic heterocycles. The van der Waals surface area contributed by atoms with Crippen molar-refractivity contribution in [1.29, 1.82) is 0 Å². The van der Waals surface area contributed by atoms with Crippen molar-refractivity contribution in [2.75, 3.05) is 45.2 Å². The number of piperazine rings is 1. The Balaban J connectivity index is 1.91. The van der Waals surface area contributed by atoms with Crippen LogP contribution in [0.25, 0.3) is 16.6 Å². The number of alkyl halides is 3. The third-order valence-electron chi connectivity index (χ3n) is 6.02. The molecule has 3 heterocycles. The first-order valence-electron chi connectivity index (χ1n) is 11.4. The highest BCUT2D eigenvalue weighted by molar-refractivity contribution is 5.89. The average Bonchev–Trinajstić information content (AvgIpc) is 2.88. The Morgan fingerprint density at radius 2 is 1.89 bits per heavy atom. The lowest BCUT2D eigenvalue weighted by Gasteiger charge is -2.37. The third kappa shape index (κ3) is 5.04. The van der Waals surface area contributed by atoms with Crippen LogP contribution >= 0.6 is 0 Å². The summed E-state index contributed by atoms with van der Waals surface area (Å²) in [7, 11) is 2.67. The minimum Gasteiger partial charge on any atom is -0.408 e. The molecule has 38 heavy (non-hydrogen) atoms. The van der Waals surface area contributed by atoms with Gasteiger partial charge >= 0.3 is 12.3 Å². The van der Waals surface area contributed by atoms with Crippen LogP contribution in [0, 0.1) is 5.82 Å². The van der Waals surface area contributed by atoms with Crippen molar-refractivity contribution < 1.29 is 32.2 Å². The summed E-state index contributed by atoms with van der Waals surface area (Å²) in [5, 5.41) is 9.79. The van der Waals surface area contributed by atoms with E-state index in [1.54, 1.807) is 9.80 Å². The molecule has 0 bridgehead atoms. The van der Waals surface area contributed by atoms with Crippen LogP contribution in [0.1, 0.15) is 5.69 Å². The van der Waals surface area contributed by atoms with E-state index in [4.69, 9.17) is 4.74 Å². The summed E-state index contributed by atoms with van der Waals surface area (Å²) in [6, 6.07) is 3.75. The molecule has 0 spiro atoms. The van der Waals surface area contributed by atoms with Crippen LogP contribution in [0.4, 0.5) is 28.2 Å². The first kappa shape index (κ1) is 27.0. The van der Waals surface area contributed by atoms with Gasteiger partial charge in [0, 0.05) is 40.3 Å². The van der Waals surface area contributed by atoms with E-state index in [1.807, 2.05) is 0 Å². The van der Waals surface area contributed by atoms with Crippen molar-refractivity contribution in [2.24, 2.45) is 0 Å². The number of anilines is 1. The number of pyridine rings is 1. The molecule has 1 N–H and O–H groups in total. The maximum absolute atomic E-state index is 15.0. The first-order chi connectivity index (χ1) is 17.9. The Morgan fingerprint density at radius 1 is 1.21 bits per heavy atom. The highest BCUT2D eigenvalue weighted by Crippen LogP contribution is 2.36. The molecule has 1 aliphatic rings. The predicted molar refractivity (Wildman–Crippen MR) is 130 cm³/mol. The molecule has 0 radical (unpaired) electrons. The van der Waals surface area contributed by atoms with Crippen LogP contribution in [0.5, 0.6) is 5.75 Å². The van der Waals surface area contributed by atoms with E-state index in [0.717, 1.165) is 29.4 Å². The van der Waals surface area contributed by atoms with E-state index in [9.17, 15) is 27.9 Å². The van der Waals surface area contributed by atoms with E-state index < -0.39 is 47.0 Å². The van der Waals surface area contributed by atoms with Crippen LogP contribution in [0.2, 0.25) is 0 Å². The average molecular weight is 536 g/mol. The van der Waals surface area contributed by atoms with E-state index in [1.165, 1.54) is 20.2 Å². The number of benzene rings is 1. The second-order valence-corrected chi connectivity index (χ2v) is 8.65. The SMILES string of the molecule is C=CC(O)N1CCN(c2ncnc3c(=O)n(-c4c(F)cccc4OC(=O)N(C)C)c(C(F)(F)F)cc23)CC1. The topological polar surface area (TPSA) is 104 Å². The largest absolute Gasteiger partial charge is 0.431 e. The van der Waals surface area contributed by atoms with Gasteiger partial charge in [-0.25, -0.2) is 19.2 Å². The Bertz CT molecular complexity index is 1430. The van der Waals surface area contributed by atoms with Crippen LogP contribution in [-0.2, 0) is 6.18 Å². The van der Waals surface area contributed by atoms with Crippen molar-refractivity contribution >= 4 is 22.8 Å². The molecular weight excluding hydrogens is 512 g/mol. The normalized spacial score (nSPS) is 15.4. The number of ether oxygens (including phenoxy) is 1. The zero-order valence-electron chi connectivity index (χ0n) is 20.4. The van der Waals surface area contributed by atoms with Crippen LogP contribution in [0.15, 0.2) is 48.0 Å². The molecule has 4 rings (SSSR count). The quantitative estimate of drug-likeness (QED) is 0.392. The van der Waals surface area contributed by atoms with Crippen molar-refractivity contribution in [3.8, 4) is 11.4 Å². The molecule has 0 saturated carbocycles. The number of aliphatic hydroxyl groups is 1. The van der Waals surface area contributed by atoms with Gasteiger partial charge in [-0.3, -0.25) is 14.3 Å². The predicted octanol–water partition coefficient (Wildman–Crippen LogP) is 2.63. The number of aromatic nitrogens is 3. The van der Waals surface area contributed by atoms with Gasteiger partial charge < -0.3 is 19.6 Å². The Labute approximate surface area is 214 Å². The van der Waals surface area contributed by atoms with Crippen LogP contribution in [0.3, 0.4) is 0 Å². The summed E-state index contributed by atoms with van der Waals surface area (Å²) in [5.41, 5.74) is -4.04. The standard InChI is InChI=1S/C24H24F4N6O4/c1-4-18(35)32-8-10-33(11-9-32)21-14-12-17(24(26,27)28)34(22(36)19(14)29-13-30-21)20-15(25)6-5-7-16(20)38-23(37)31(2)3/h4-7,12-13,18,35H,1,8-11H2,2-3H3.